The molecule has 0 atom stereocenters. The topological polar surface area (TPSA) is 29.1 Å². The van der Waals surface area contributed by atoms with Crippen LogP contribution >= 0.6 is 44.5 Å². The maximum absolute atomic E-state index is 11.3. The second-order valence-electron chi connectivity index (χ2n) is 2.65. The first-order chi connectivity index (χ1) is 6.63. The van der Waals surface area contributed by atoms with Crippen molar-refractivity contribution < 1.29 is 4.79 Å². The monoisotopic (exact) mass is 337 g/mol. The van der Waals surface area contributed by atoms with Crippen LogP contribution in [0.25, 0.3) is 0 Å². The van der Waals surface area contributed by atoms with Gasteiger partial charge in [0.05, 0.1) is 5.69 Å². The smallest absolute Gasteiger partial charge is 0.225 e. The lowest BCUT2D eigenvalue weighted by atomic mass is 10.3. The summed E-state index contributed by atoms with van der Waals surface area (Å²) in [5, 5.41) is 2.78. The average Bonchev–Trinajstić information content (AvgIpc) is 2.10. The molecule has 0 radical (unpaired) electrons. The summed E-state index contributed by atoms with van der Waals surface area (Å²) in [5.74, 6) is 0.531. The summed E-state index contributed by atoms with van der Waals surface area (Å²) in [5.41, 5.74) is 0.778. The van der Waals surface area contributed by atoms with Crippen LogP contribution in [0.4, 0.5) is 5.69 Å². The van der Waals surface area contributed by atoms with Gasteiger partial charge in [-0.3, -0.25) is 4.79 Å². The van der Waals surface area contributed by atoms with Crippen molar-refractivity contribution in [3.63, 3.8) is 0 Å². The molecule has 2 nitrogen and oxygen atoms in total. The molecular weight excluding hydrogens is 330 g/mol. The van der Waals surface area contributed by atoms with E-state index in [1.807, 2.05) is 18.2 Å². The first-order valence-corrected chi connectivity index (χ1v) is 6.21. The Morgan fingerprint density at radius 1 is 1.43 bits per heavy atom. The van der Waals surface area contributed by atoms with E-state index in [1.54, 1.807) is 0 Å². The van der Waals surface area contributed by atoms with Gasteiger partial charge in [-0.1, -0.05) is 15.9 Å². The van der Waals surface area contributed by atoms with E-state index in [1.165, 1.54) is 0 Å². The zero-order chi connectivity index (χ0) is 10.6. The Balaban J connectivity index is 2.72. The van der Waals surface area contributed by atoms with Crippen LogP contribution in [0.3, 0.4) is 0 Å². The van der Waals surface area contributed by atoms with Crippen molar-refractivity contribution >= 4 is 56.1 Å². The van der Waals surface area contributed by atoms with E-state index in [0.29, 0.717) is 12.2 Å². The molecule has 5 heteroatoms. The van der Waals surface area contributed by atoms with Crippen molar-refractivity contribution in [3.05, 3.63) is 27.1 Å². The van der Waals surface area contributed by atoms with Crippen LogP contribution in [-0.4, -0.2) is 11.7 Å². The first kappa shape index (κ1) is 12.1. The van der Waals surface area contributed by atoms with Crippen LogP contribution in [0.5, 0.6) is 0 Å². The molecule has 14 heavy (non-hydrogen) atoms. The number of benzene rings is 1. The number of halogens is 2. The highest BCUT2D eigenvalue weighted by atomic mass is 79.9. The third-order valence-corrected chi connectivity index (χ3v) is 2.92. The lowest BCUT2D eigenvalue weighted by molar-refractivity contribution is -0.115. The van der Waals surface area contributed by atoms with Crippen LogP contribution in [0, 0.1) is 0 Å². The highest BCUT2D eigenvalue weighted by molar-refractivity contribution is 9.11. The van der Waals surface area contributed by atoms with E-state index in [0.717, 1.165) is 14.6 Å². The van der Waals surface area contributed by atoms with Crippen molar-refractivity contribution in [2.75, 3.05) is 11.1 Å². The first-order valence-electron chi connectivity index (χ1n) is 3.99. The third-order valence-electron chi connectivity index (χ3n) is 1.54. The Bertz CT molecular complexity index is 344. The summed E-state index contributed by atoms with van der Waals surface area (Å²) < 4.78 is 1.83. The number of carbonyl (C=O) groups excluding carboxylic acids is 1. The maximum atomic E-state index is 11.3. The second-order valence-corrected chi connectivity index (χ2v) is 4.86. The predicted octanol–water partition coefficient (Wildman–Crippen LogP) is 3.47. The number of nitrogens with one attached hydrogen (secondary N) is 1. The minimum absolute atomic E-state index is 0.0250. The van der Waals surface area contributed by atoms with Crippen LogP contribution in [-0.2, 0) is 4.79 Å². The largest absolute Gasteiger partial charge is 0.325 e. The minimum atomic E-state index is -0.0250. The average molecular weight is 339 g/mol. The van der Waals surface area contributed by atoms with E-state index in [9.17, 15) is 4.79 Å². The van der Waals surface area contributed by atoms with Gasteiger partial charge < -0.3 is 5.32 Å². The Kier molecular flexibility index (Phi) is 4.98. The Labute approximate surface area is 105 Å². The van der Waals surface area contributed by atoms with Crippen LogP contribution in [0.15, 0.2) is 27.1 Å². The lowest BCUT2D eigenvalue weighted by Crippen LogP contribution is -2.11. The fourth-order valence-corrected chi connectivity index (χ4v) is 2.25. The molecule has 1 aromatic carbocycles. The van der Waals surface area contributed by atoms with Crippen molar-refractivity contribution in [1.82, 2.24) is 0 Å². The van der Waals surface area contributed by atoms with Gasteiger partial charge in [0, 0.05) is 15.4 Å². The minimum Gasteiger partial charge on any atom is -0.325 e. The van der Waals surface area contributed by atoms with Gasteiger partial charge in [0.15, 0.2) is 0 Å². The van der Waals surface area contributed by atoms with Gasteiger partial charge in [-0.15, -0.1) is 0 Å². The van der Waals surface area contributed by atoms with Gasteiger partial charge in [-0.25, -0.2) is 0 Å². The molecule has 1 rings (SSSR count). The SMILES string of the molecule is O=C(CCS)Nc1ccc(Br)cc1Br. The number of rotatable bonds is 3. The van der Waals surface area contributed by atoms with Crippen LogP contribution < -0.4 is 5.32 Å². The fourth-order valence-electron chi connectivity index (χ4n) is 0.905. The molecule has 1 N–H and O–H groups in total. The molecule has 1 amide bonds. The third kappa shape index (κ3) is 3.63. The van der Waals surface area contributed by atoms with E-state index in [4.69, 9.17) is 0 Å². The van der Waals surface area contributed by atoms with Crippen molar-refractivity contribution in [2.24, 2.45) is 0 Å². The summed E-state index contributed by atoms with van der Waals surface area (Å²) in [6.07, 6.45) is 0.422. The predicted molar refractivity (Wildman–Crippen MR) is 68.9 cm³/mol. The lowest BCUT2D eigenvalue weighted by Gasteiger charge is -2.06. The maximum Gasteiger partial charge on any atom is 0.225 e. The second kappa shape index (κ2) is 5.78. The number of anilines is 1. The quantitative estimate of drug-likeness (QED) is 0.812. The van der Waals surface area contributed by atoms with Gasteiger partial charge in [-0.2, -0.15) is 12.6 Å². The molecule has 0 aliphatic carbocycles. The Morgan fingerprint density at radius 2 is 2.14 bits per heavy atom. The number of carbonyl (C=O) groups is 1. The Morgan fingerprint density at radius 3 is 2.71 bits per heavy atom. The molecule has 76 valence electrons. The molecule has 0 fully saturated rings. The van der Waals surface area contributed by atoms with Crippen molar-refractivity contribution in [3.8, 4) is 0 Å². The molecule has 0 aliphatic heterocycles. The molecule has 0 aliphatic rings. The molecule has 0 heterocycles. The summed E-state index contributed by atoms with van der Waals surface area (Å²) in [4.78, 5) is 11.3. The summed E-state index contributed by atoms with van der Waals surface area (Å²) >= 11 is 10.7. The summed E-state index contributed by atoms with van der Waals surface area (Å²) in [6.45, 7) is 0. The highest BCUT2D eigenvalue weighted by Gasteiger charge is 2.04. The van der Waals surface area contributed by atoms with Crippen LogP contribution in [0.1, 0.15) is 6.42 Å². The van der Waals surface area contributed by atoms with Crippen LogP contribution in [0.2, 0.25) is 0 Å². The summed E-state index contributed by atoms with van der Waals surface area (Å²) in [7, 11) is 0. The van der Waals surface area contributed by atoms with E-state index < -0.39 is 0 Å². The number of amides is 1. The molecule has 1 aromatic rings. The van der Waals surface area contributed by atoms with Gasteiger partial charge in [0.1, 0.15) is 0 Å². The molecule has 0 bridgehead atoms. The number of hydrogen-bond donors (Lipinski definition) is 2. The van der Waals surface area contributed by atoms with E-state index in [-0.39, 0.29) is 5.91 Å². The molecule has 0 spiro atoms. The standard InChI is InChI=1S/C9H9Br2NOS/c10-6-1-2-8(7(11)5-6)12-9(13)3-4-14/h1-2,5,14H,3-4H2,(H,12,13). The number of hydrogen-bond acceptors (Lipinski definition) is 2. The van der Waals surface area contributed by atoms with Gasteiger partial charge in [-0.05, 0) is 39.9 Å². The molecule has 0 unspecified atom stereocenters. The summed E-state index contributed by atoms with van der Waals surface area (Å²) in [6, 6.07) is 5.60. The van der Waals surface area contributed by atoms with E-state index in [2.05, 4.69) is 49.8 Å². The molecular formula is C9H9Br2NOS. The normalized spacial score (nSPS) is 9.93. The fraction of sp³-hybridized carbons (Fsp3) is 0.222. The molecule has 0 aromatic heterocycles. The van der Waals surface area contributed by atoms with Gasteiger partial charge in [0.25, 0.3) is 0 Å². The molecule has 0 saturated heterocycles. The highest BCUT2D eigenvalue weighted by Crippen LogP contribution is 2.26. The Hall–Kier alpha value is -0.000000000000000111. The van der Waals surface area contributed by atoms with Gasteiger partial charge >= 0.3 is 0 Å². The number of thiol groups is 1. The zero-order valence-electron chi connectivity index (χ0n) is 7.26. The zero-order valence-corrected chi connectivity index (χ0v) is 11.3. The molecule has 0 saturated carbocycles. The van der Waals surface area contributed by atoms with E-state index >= 15 is 0 Å². The van der Waals surface area contributed by atoms with Crippen molar-refractivity contribution in [1.29, 1.82) is 0 Å². The van der Waals surface area contributed by atoms with Crippen molar-refractivity contribution in [2.45, 2.75) is 6.42 Å². The van der Waals surface area contributed by atoms with Gasteiger partial charge in [0.2, 0.25) is 5.91 Å².